The van der Waals surface area contributed by atoms with Crippen molar-refractivity contribution in [3.05, 3.63) is 73.3 Å². The molecule has 0 bridgehead atoms. The van der Waals surface area contributed by atoms with Crippen molar-refractivity contribution in [1.29, 1.82) is 0 Å². The molecule has 15 rings (SSSR count). The minimum atomic E-state index is -0.225. The van der Waals surface area contributed by atoms with Gasteiger partial charge in [0.1, 0.15) is 19.8 Å². The number of hydrogen-bond donors (Lipinski definition) is 4. The molecule has 4 unspecified atom stereocenters. The number of nitrogens with two attached hydrogens (primary N) is 1. The van der Waals surface area contributed by atoms with Gasteiger partial charge in [-0.2, -0.15) is 0 Å². The summed E-state index contributed by atoms with van der Waals surface area (Å²) in [5.74, 6) is 11.2. The van der Waals surface area contributed by atoms with Crippen molar-refractivity contribution in [2.75, 3.05) is 40.0 Å². The Labute approximate surface area is 722 Å². The van der Waals surface area contributed by atoms with Gasteiger partial charge in [0.25, 0.3) is 0 Å². The van der Waals surface area contributed by atoms with Crippen molar-refractivity contribution in [3.8, 4) is 0 Å². The maximum atomic E-state index is 11.7. The third-order valence-corrected chi connectivity index (χ3v) is 46.0. The highest BCUT2D eigenvalue weighted by Crippen LogP contribution is 2.83. The number of carbonyl (C=O) groups excluding carboxylic acids is 3. The first-order valence-corrected chi connectivity index (χ1v) is 49.5. The lowest BCUT2D eigenvalue weighted by atomic mass is 9.31. The number of ether oxygens (including phenoxy) is 3. The first kappa shape index (κ1) is 91.9. The Hall–Kier alpha value is -3.79. The average Bonchev–Trinajstić information content (AvgIpc) is 1.12. The summed E-state index contributed by atoms with van der Waals surface area (Å²) in [4.78, 5) is 35.1. The Morgan fingerprint density at radius 1 is 0.364 bits per heavy atom. The Morgan fingerprint density at radius 3 is 0.932 bits per heavy atom. The fourth-order valence-corrected chi connectivity index (χ4v) is 38.0. The molecule has 0 aromatic carbocycles. The maximum absolute atomic E-state index is 11.7. The van der Waals surface area contributed by atoms with Crippen LogP contribution in [-0.2, 0) is 28.6 Å². The summed E-state index contributed by atoms with van der Waals surface area (Å²) in [5.41, 5.74) is 18.1. The number of allylic oxidation sites excluding steroid dienone is 3. The third kappa shape index (κ3) is 13.3. The highest BCUT2D eigenvalue weighted by Gasteiger charge is 2.76. The lowest BCUT2D eigenvalue weighted by molar-refractivity contribution is -0.242. The molecule has 0 amide bonds. The van der Waals surface area contributed by atoms with Crippen molar-refractivity contribution < 1.29 is 33.7 Å². The lowest BCUT2D eigenvalue weighted by Gasteiger charge is -2.73. The fourth-order valence-electron chi connectivity index (χ4n) is 38.0. The standard InChI is InChI=1S/C37H61NO3.C36H59NO2.C35H57NO2/c1-10-33(6)25(3)13-16-34(7)30(33)15-17-36(9)31(34)12-11-29-32-28(24(2)23-41-27(5)40)14-18-37(32,20-19-35(29,36)8)26(4)38-21-22-39;1-11-32(6)24(3)14-17-33(7)29(32)16-18-35(9)30(33)13-12-28-31-27(23(2)22-39-26(5)38)15-19-36(31,25(4)37-10)21-20-34(28,35)8;1-10-31(6)23(3)13-16-32(7)28(31)15-17-34(9)29(32)12-11-27-30-26(22(2)21-38-25(5)37)14-18-35(30,24(4)36)20-19-33(27,34)8/h25,28-32,38-39H,2,4,10-23H2,1,3,5-9H3;24,27-31,37H,2,4,11-22H2,1,3,5-10H3;23,26-30H,2,4,10-21,36H2,1,3,5-9H3/t25-,28-,29?,30-,31+,32+,33+,34-,35+,36+,37+;24-,27?,28?,29-,30+,31+,32+,33-,34+,35+,36+;23-,26-,27?,28-,29+,30+,31+,32-,33+,34+,35+/m000/s1. The molecule has 33 atom stereocenters. The minimum absolute atomic E-state index is 0.0133. The highest BCUT2D eigenvalue weighted by molar-refractivity contribution is 5.67. The van der Waals surface area contributed by atoms with Crippen molar-refractivity contribution in [3.63, 3.8) is 0 Å². The van der Waals surface area contributed by atoms with E-state index in [1.165, 1.54) is 193 Å². The number of fused-ring (bicyclic) bond motifs is 21. The van der Waals surface area contributed by atoms with E-state index in [1.807, 2.05) is 0 Å². The first-order valence-electron chi connectivity index (χ1n) is 49.5. The van der Waals surface area contributed by atoms with E-state index >= 15 is 0 Å². The Morgan fingerprint density at radius 2 is 0.653 bits per heavy atom. The Balaban J connectivity index is 0.000000154. The topological polar surface area (TPSA) is 149 Å². The maximum Gasteiger partial charge on any atom is 0.302 e. The smallest absolute Gasteiger partial charge is 0.302 e. The Kier molecular flexibility index (Phi) is 25.1. The number of carbonyl (C=O) groups is 3. The summed E-state index contributed by atoms with van der Waals surface area (Å²) in [6, 6.07) is 0. The van der Waals surface area contributed by atoms with Crippen LogP contribution in [0.5, 0.6) is 0 Å². The summed E-state index contributed by atoms with van der Waals surface area (Å²) < 4.78 is 16.5. The summed E-state index contributed by atoms with van der Waals surface area (Å²) >= 11 is 0. The second kappa shape index (κ2) is 32.3. The van der Waals surface area contributed by atoms with Crippen LogP contribution in [0.4, 0.5) is 0 Å². The van der Waals surface area contributed by atoms with Gasteiger partial charge >= 0.3 is 17.9 Å². The zero-order valence-electron chi connectivity index (χ0n) is 80.0. The van der Waals surface area contributed by atoms with Gasteiger partial charge < -0.3 is 35.7 Å². The predicted molar refractivity (Wildman–Crippen MR) is 487 cm³/mol. The van der Waals surface area contributed by atoms with Crippen LogP contribution in [0.15, 0.2) is 73.3 Å². The van der Waals surface area contributed by atoms with E-state index in [4.69, 9.17) is 19.9 Å². The van der Waals surface area contributed by atoms with Crippen molar-refractivity contribution in [2.24, 2.45) is 193 Å². The zero-order chi connectivity index (χ0) is 86.5. The number of esters is 3. The molecule has 10 nitrogen and oxygen atoms in total. The molecule has 666 valence electrons. The largest absolute Gasteiger partial charge is 0.461 e. The molecule has 15 saturated carbocycles. The van der Waals surface area contributed by atoms with Crippen molar-refractivity contribution >= 4 is 17.9 Å². The summed E-state index contributed by atoms with van der Waals surface area (Å²) in [6.45, 7) is 80.9. The van der Waals surface area contributed by atoms with Gasteiger partial charge in [0.2, 0.25) is 0 Å². The summed E-state index contributed by atoms with van der Waals surface area (Å²) in [5, 5.41) is 16.7. The van der Waals surface area contributed by atoms with E-state index in [2.05, 4.69) is 182 Å². The van der Waals surface area contributed by atoms with Crippen LogP contribution in [0.1, 0.15) is 357 Å². The molecule has 15 aliphatic rings. The molecule has 15 aliphatic carbocycles. The van der Waals surface area contributed by atoms with Gasteiger partial charge in [-0.05, 0) is 381 Å². The van der Waals surface area contributed by atoms with Crippen LogP contribution >= 0.6 is 0 Å². The van der Waals surface area contributed by atoms with E-state index in [-0.39, 0.29) is 46.2 Å². The SMILES string of the molecule is C=C(COC(C)=O)C1CC[C@]2(C(=C)NC)CC[C@]3(C)C(CC[C@@H]4[C@@]5(C)CC[C@H](C)[C@@](C)(CC)[C@@H]5CC[C@]43C)[C@@H]12.C=C(COC(C)=O)[C@@H]1CC[C@]2(C(=C)N)CC[C@]3(C)C(CC[C@@H]4[C@@]5(C)CC[C@H](C)[C@@](C)(CC)[C@@H]5CC[C@]43C)[C@@H]12.C=C(COC(C)=O)[C@@H]1CC[C@]2(C(=C)NCCO)CC[C@]3(C)C(CC[C@@H]4[C@@]5(C)CC[C@H](C)[C@@](C)(CC)[C@@H]5CC[C@]43C)[C@@H]12. The number of hydrogen-bond acceptors (Lipinski definition) is 10. The average molecular weight is 1630 g/mol. The molecule has 15 fully saturated rings. The molecule has 118 heavy (non-hydrogen) atoms. The van der Waals surface area contributed by atoms with Gasteiger partial charge in [0, 0.05) is 67.7 Å². The van der Waals surface area contributed by atoms with E-state index in [9.17, 15) is 19.5 Å². The molecule has 0 radical (unpaired) electrons. The van der Waals surface area contributed by atoms with Crippen LogP contribution < -0.4 is 16.4 Å². The molecule has 0 aromatic rings. The normalized spacial score (nSPS) is 50.3. The second-order valence-electron chi connectivity index (χ2n) is 48.1. The third-order valence-electron chi connectivity index (χ3n) is 46.0. The van der Waals surface area contributed by atoms with E-state index in [0.717, 1.165) is 126 Å². The van der Waals surface area contributed by atoms with Crippen LogP contribution in [0.3, 0.4) is 0 Å². The Bertz CT molecular complexity index is 3840. The fraction of sp³-hybridized carbons (Fsp3) is 0.861. The molecule has 0 saturated heterocycles. The summed E-state index contributed by atoms with van der Waals surface area (Å²) in [7, 11) is 2.07. The predicted octanol–water partition coefficient (Wildman–Crippen LogP) is 25.9. The monoisotopic (exact) mass is 1630 g/mol. The number of nitrogens with one attached hydrogen (secondary N) is 2. The number of rotatable bonds is 19. The minimum Gasteiger partial charge on any atom is -0.461 e. The second-order valence-corrected chi connectivity index (χ2v) is 48.1. The molecule has 0 aromatic heterocycles. The molecule has 5 N–H and O–H groups in total. The van der Waals surface area contributed by atoms with E-state index in [0.29, 0.717) is 139 Å². The summed E-state index contributed by atoms with van der Waals surface area (Å²) in [6.07, 6.45) is 42.7. The van der Waals surface area contributed by atoms with Crippen LogP contribution in [0, 0.1) is 188 Å². The first-order chi connectivity index (χ1) is 55.2. The van der Waals surface area contributed by atoms with Gasteiger partial charge in [-0.25, -0.2) is 0 Å². The van der Waals surface area contributed by atoms with Gasteiger partial charge in [-0.15, -0.1) is 0 Å². The highest BCUT2D eigenvalue weighted by atomic mass is 16.5. The van der Waals surface area contributed by atoms with Gasteiger partial charge in [0.15, 0.2) is 0 Å². The molecular weight excluding hydrogens is 1450 g/mol. The zero-order valence-corrected chi connectivity index (χ0v) is 80.0. The van der Waals surface area contributed by atoms with Gasteiger partial charge in [0.05, 0.1) is 6.61 Å². The molecule has 0 heterocycles. The molecule has 10 heteroatoms. The lowest BCUT2D eigenvalue weighted by Crippen LogP contribution is -2.66. The van der Waals surface area contributed by atoms with Crippen LogP contribution in [-0.4, -0.2) is 63.0 Å². The van der Waals surface area contributed by atoms with Crippen molar-refractivity contribution in [1.82, 2.24) is 10.6 Å². The molecular formula is C108H177N3O7. The molecule has 0 spiro atoms. The number of aliphatic hydroxyl groups is 1. The van der Waals surface area contributed by atoms with E-state index < -0.39 is 0 Å². The van der Waals surface area contributed by atoms with Crippen LogP contribution in [0.25, 0.3) is 0 Å². The van der Waals surface area contributed by atoms with Crippen molar-refractivity contribution in [2.45, 2.75) is 357 Å². The van der Waals surface area contributed by atoms with Crippen LogP contribution in [0.2, 0.25) is 0 Å². The van der Waals surface area contributed by atoms with Gasteiger partial charge in [-0.3, -0.25) is 14.4 Å². The van der Waals surface area contributed by atoms with E-state index in [1.54, 1.807) is 0 Å². The van der Waals surface area contributed by atoms with Gasteiger partial charge in [-0.1, -0.05) is 183 Å². The number of aliphatic hydroxyl groups excluding tert-OH is 1. The molecule has 0 aliphatic heterocycles. The quantitative estimate of drug-likeness (QED) is 0.0559.